The van der Waals surface area contributed by atoms with E-state index < -0.39 is 11.1 Å². The van der Waals surface area contributed by atoms with Crippen LogP contribution in [0.1, 0.15) is 40.4 Å². The van der Waals surface area contributed by atoms with Crippen molar-refractivity contribution >= 4 is 6.09 Å². The van der Waals surface area contributed by atoms with Gasteiger partial charge in [0.25, 0.3) is 0 Å². The lowest BCUT2D eigenvalue weighted by Crippen LogP contribution is -2.50. The van der Waals surface area contributed by atoms with Gasteiger partial charge >= 0.3 is 6.09 Å². The summed E-state index contributed by atoms with van der Waals surface area (Å²) < 4.78 is 7.66. The van der Waals surface area contributed by atoms with Crippen LogP contribution in [0.5, 0.6) is 0 Å². The highest BCUT2D eigenvalue weighted by Crippen LogP contribution is 2.28. The fourth-order valence-electron chi connectivity index (χ4n) is 3.05. The molecule has 0 aromatic carbocycles. The lowest BCUT2D eigenvalue weighted by molar-refractivity contribution is 0.00409. The Morgan fingerprint density at radius 2 is 2.00 bits per heavy atom. The van der Waals surface area contributed by atoms with Crippen LogP contribution in [0.3, 0.4) is 0 Å². The molecular weight excluding hydrogens is 318 g/mol. The molecule has 134 valence electrons. The van der Waals surface area contributed by atoms with E-state index in [0.717, 1.165) is 17.2 Å². The van der Waals surface area contributed by atoms with Gasteiger partial charge in [0.15, 0.2) is 5.82 Å². The van der Waals surface area contributed by atoms with Crippen molar-refractivity contribution in [1.29, 1.82) is 0 Å². The van der Waals surface area contributed by atoms with Gasteiger partial charge in [-0.2, -0.15) is 0 Å². The number of pyridine rings is 1. The van der Waals surface area contributed by atoms with E-state index in [1.165, 1.54) is 0 Å². The van der Waals surface area contributed by atoms with Gasteiger partial charge in [-0.15, -0.1) is 10.2 Å². The summed E-state index contributed by atoms with van der Waals surface area (Å²) >= 11 is 0. The van der Waals surface area contributed by atoms with Gasteiger partial charge in [-0.05, 0) is 46.8 Å². The standard InChI is InChI=1S/C18H25N5O2/c1-17(2,3)25-16(24)23-10-9-22-14(11-18(23,4)5)20-21-15(22)13-7-6-8-19-12-13/h6-8,12H,9-11H2,1-5H3. The summed E-state index contributed by atoms with van der Waals surface area (Å²) in [4.78, 5) is 18.6. The van der Waals surface area contributed by atoms with E-state index in [2.05, 4.69) is 19.7 Å². The fourth-order valence-corrected chi connectivity index (χ4v) is 3.05. The molecule has 3 heterocycles. The lowest BCUT2D eigenvalue weighted by atomic mass is 9.98. The van der Waals surface area contributed by atoms with E-state index in [9.17, 15) is 4.79 Å². The first-order valence-corrected chi connectivity index (χ1v) is 8.50. The molecule has 25 heavy (non-hydrogen) atoms. The van der Waals surface area contributed by atoms with Crippen molar-refractivity contribution in [1.82, 2.24) is 24.6 Å². The number of amides is 1. The highest BCUT2D eigenvalue weighted by molar-refractivity contribution is 5.69. The molecule has 0 radical (unpaired) electrons. The molecule has 3 rings (SSSR count). The number of nitrogens with zero attached hydrogens (tertiary/aromatic N) is 5. The Bertz CT molecular complexity index is 762. The zero-order chi connectivity index (χ0) is 18.2. The Balaban J connectivity index is 1.90. The van der Waals surface area contributed by atoms with Crippen LogP contribution in [0, 0.1) is 0 Å². The number of carbonyl (C=O) groups excluding carboxylic acids is 1. The largest absolute Gasteiger partial charge is 0.444 e. The molecule has 7 nitrogen and oxygen atoms in total. The Hall–Kier alpha value is -2.44. The smallest absolute Gasteiger partial charge is 0.410 e. The fraction of sp³-hybridized carbons (Fsp3) is 0.556. The van der Waals surface area contributed by atoms with Gasteiger partial charge < -0.3 is 14.2 Å². The Kier molecular flexibility index (Phi) is 4.26. The zero-order valence-electron chi connectivity index (χ0n) is 15.5. The Labute approximate surface area is 148 Å². The van der Waals surface area contributed by atoms with Crippen LogP contribution in [0.15, 0.2) is 24.5 Å². The number of carbonyl (C=O) groups is 1. The van der Waals surface area contributed by atoms with Crippen molar-refractivity contribution in [2.45, 2.75) is 58.7 Å². The SMILES string of the molecule is CC(C)(C)OC(=O)N1CCn2c(nnc2-c2cccnc2)CC1(C)C. The first kappa shape index (κ1) is 17.4. The molecule has 0 N–H and O–H groups in total. The molecule has 1 aliphatic heterocycles. The second-order valence-corrected chi connectivity index (χ2v) is 7.95. The third-order valence-corrected chi connectivity index (χ3v) is 4.23. The van der Waals surface area contributed by atoms with Crippen molar-refractivity contribution in [2.24, 2.45) is 0 Å². The van der Waals surface area contributed by atoms with E-state index in [4.69, 9.17) is 4.74 Å². The van der Waals surface area contributed by atoms with Crippen LogP contribution in [0.2, 0.25) is 0 Å². The number of ether oxygens (including phenoxy) is 1. The van der Waals surface area contributed by atoms with Crippen molar-refractivity contribution in [2.75, 3.05) is 6.54 Å². The maximum Gasteiger partial charge on any atom is 0.410 e. The summed E-state index contributed by atoms with van der Waals surface area (Å²) in [6.45, 7) is 10.9. The molecule has 2 aromatic heterocycles. The minimum absolute atomic E-state index is 0.292. The van der Waals surface area contributed by atoms with E-state index in [0.29, 0.717) is 19.5 Å². The van der Waals surface area contributed by atoms with E-state index in [1.807, 2.05) is 46.8 Å². The summed E-state index contributed by atoms with van der Waals surface area (Å²) in [5.74, 6) is 1.65. The summed E-state index contributed by atoms with van der Waals surface area (Å²) in [6.07, 6.45) is 3.83. The molecule has 0 saturated heterocycles. The minimum Gasteiger partial charge on any atom is -0.444 e. The summed E-state index contributed by atoms with van der Waals surface area (Å²) in [5.41, 5.74) is -0.00422. The van der Waals surface area contributed by atoms with Crippen LogP contribution < -0.4 is 0 Å². The molecule has 0 atom stereocenters. The molecule has 1 aliphatic rings. The van der Waals surface area contributed by atoms with Gasteiger partial charge in [-0.3, -0.25) is 4.98 Å². The molecule has 0 unspecified atom stereocenters. The van der Waals surface area contributed by atoms with Gasteiger partial charge in [-0.25, -0.2) is 4.79 Å². The molecule has 0 saturated carbocycles. The second kappa shape index (κ2) is 6.13. The van der Waals surface area contributed by atoms with Gasteiger partial charge in [0.2, 0.25) is 0 Å². The monoisotopic (exact) mass is 343 g/mol. The molecule has 0 aliphatic carbocycles. The van der Waals surface area contributed by atoms with Crippen molar-refractivity contribution in [3.05, 3.63) is 30.4 Å². The maximum absolute atomic E-state index is 12.7. The van der Waals surface area contributed by atoms with Gasteiger partial charge in [0.05, 0.1) is 0 Å². The summed E-state index contributed by atoms with van der Waals surface area (Å²) in [5, 5.41) is 8.71. The number of hydrogen-bond acceptors (Lipinski definition) is 5. The average Bonchev–Trinajstić information content (AvgIpc) is 2.82. The quantitative estimate of drug-likeness (QED) is 0.796. The maximum atomic E-state index is 12.7. The molecule has 0 spiro atoms. The summed E-state index contributed by atoms with van der Waals surface area (Å²) in [7, 11) is 0. The molecule has 2 aromatic rings. The summed E-state index contributed by atoms with van der Waals surface area (Å²) in [6, 6.07) is 3.84. The van der Waals surface area contributed by atoms with Gasteiger partial charge in [0, 0.05) is 43.0 Å². The Morgan fingerprint density at radius 1 is 1.24 bits per heavy atom. The lowest BCUT2D eigenvalue weighted by Gasteiger charge is -2.37. The first-order valence-electron chi connectivity index (χ1n) is 8.50. The topological polar surface area (TPSA) is 73.1 Å². The van der Waals surface area contributed by atoms with Crippen molar-refractivity contribution < 1.29 is 9.53 Å². The molecule has 0 fully saturated rings. The van der Waals surface area contributed by atoms with Crippen molar-refractivity contribution in [3.8, 4) is 11.4 Å². The molecule has 7 heteroatoms. The predicted molar refractivity (Wildman–Crippen MR) is 94.0 cm³/mol. The predicted octanol–water partition coefficient (Wildman–Crippen LogP) is 2.91. The van der Waals surface area contributed by atoms with Gasteiger partial charge in [0.1, 0.15) is 11.4 Å². The van der Waals surface area contributed by atoms with Gasteiger partial charge in [-0.1, -0.05) is 0 Å². The zero-order valence-corrected chi connectivity index (χ0v) is 15.5. The molecular formula is C18H25N5O2. The Morgan fingerprint density at radius 3 is 2.64 bits per heavy atom. The van der Waals surface area contributed by atoms with E-state index >= 15 is 0 Å². The molecule has 1 amide bonds. The van der Waals surface area contributed by atoms with E-state index in [-0.39, 0.29) is 6.09 Å². The van der Waals surface area contributed by atoms with Crippen LogP contribution in [-0.2, 0) is 17.7 Å². The van der Waals surface area contributed by atoms with Crippen LogP contribution in [0.25, 0.3) is 11.4 Å². The van der Waals surface area contributed by atoms with Crippen LogP contribution in [0.4, 0.5) is 4.79 Å². The number of fused-ring (bicyclic) bond motifs is 1. The highest BCUT2D eigenvalue weighted by atomic mass is 16.6. The van der Waals surface area contributed by atoms with Crippen LogP contribution >= 0.6 is 0 Å². The second-order valence-electron chi connectivity index (χ2n) is 7.95. The van der Waals surface area contributed by atoms with E-state index in [1.54, 1.807) is 17.3 Å². The third-order valence-electron chi connectivity index (χ3n) is 4.23. The minimum atomic E-state index is -0.518. The highest BCUT2D eigenvalue weighted by Gasteiger charge is 2.38. The number of rotatable bonds is 1. The third kappa shape index (κ3) is 3.65. The first-order chi connectivity index (χ1) is 11.7. The number of hydrogen-bond donors (Lipinski definition) is 0. The number of aromatic nitrogens is 4. The van der Waals surface area contributed by atoms with Crippen LogP contribution in [-0.4, -0.2) is 48.4 Å². The van der Waals surface area contributed by atoms with Crippen molar-refractivity contribution in [3.63, 3.8) is 0 Å². The normalized spacial score (nSPS) is 16.9. The average molecular weight is 343 g/mol. The molecule has 0 bridgehead atoms.